The van der Waals surface area contributed by atoms with Gasteiger partial charge in [0.2, 0.25) is 0 Å². The lowest BCUT2D eigenvalue weighted by Crippen LogP contribution is -2.57. The van der Waals surface area contributed by atoms with Gasteiger partial charge in [0.15, 0.2) is 0 Å². The molecule has 0 aliphatic carbocycles. The van der Waals surface area contributed by atoms with Crippen molar-refractivity contribution in [2.24, 2.45) is 0 Å². The summed E-state index contributed by atoms with van der Waals surface area (Å²) in [6.07, 6.45) is 0. The fraction of sp³-hybridized carbons (Fsp3) is 1.00. The topological polar surface area (TPSA) is 24.5 Å². The lowest BCUT2D eigenvalue weighted by Gasteiger charge is -2.44. The second-order valence-corrected chi connectivity index (χ2v) is 6.19. The van der Waals surface area contributed by atoms with Crippen molar-refractivity contribution in [3.05, 3.63) is 0 Å². The molecule has 1 unspecified atom stereocenters. The number of rotatable bonds is 2. The molecule has 3 nitrogen and oxygen atoms in total. The van der Waals surface area contributed by atoms with Gasteiger partial charge in [-0.1, -0.05) is 0 Å². The van der Waals surface area contributed by atoms with Crippen LogP contribution in [0.1, 0.15) is 13.8 Å². The molecule has 0 amide bonds. The Kier molecular flexibility index (Phi) is 3.93. The van der Waals surface area contributed by atoms with Gasteiger partial charge in [0.25, 0.3) is 0 Å². The van der Waals surface area contributed by atoms with Gasteiger partial charge in [-0.05, 0) is 13.8 Å². The third-order valence-corrected chi connectivity index (χ3v) is 4.39. The molecule has 2 saturated heterocycles. The van der Waals surface area contributed by atoms with Crippen molar-refractivity contribution in [1.29, 1.82) is 0 Å². The summed E-state index contributed by atoms with van der Waals surface area (Å²) in [5.41, 5.74) is 0.210. The van der Waals surface area contributed by atoms with E-state index in [1.165, 1.54) is 24.6 Å². The number of hydrogen-bond acceptors (Lipinski definition) is 4. The maximum Gasteiger partial charge on any atom is 0.0645 e. The number of thioether (sulfide) groups is 1. The second kappa shape index (κ2) is 5.04. The molecule has 4 heteroatoms. The van der Waals surface area contributed by atoms with Crippen LogP contribution in [0.5, 0.6) is 0 Å². The Morgan fingerprint density at radius 1 is 1.53 bits per heavy atom. The van der Waals surface area contributed by atoms with Gasteiger partial charge in [-0.25, -0.2) is 0 Å². The molecule has 2 aliphatic heterocycles. The summed E-state index contributed by atoms with van der Waals surface area (Å²) in [5.74, 6) is 2.52. The van der Waals surface area contributed by atoms with Crippen LogP contribution in [-0.2, 0) is 4.74 Å². The molecule has 1 N–H and O–H groups in total. The molecular weight excluding hydrogens is 208 g/mol. The molecule has 88 valence electrons. The number of nitrogens with one attached hydrogen (secondary N) is 1. The Balaban J connectivity index is 1.85. The van der Waals surface area contributed by atoms with Crippen molar-refractivity contribution >= 4 is 11.8 Å². The Morgan fingerprint density at radius 2 is 2.40 bits per heavy atom. The van der Waals surface area contributed by atoms with Crippen LogP contribution in [0.2, 0.25) is 0 Å². The summed E-state index contributed by atoms with van der Waals surface area (Å²) in [7, 11) is 0. The van der Waals surface area contributed by atoms with E-state index in [2.05, 4.69) is 35.8 Å². The molecule has 0 saturated carbocycles. The van der Waals surface area contributed by atoms with Gasteiger partial charge in [-0.2, -0.15) is 11.8 Å². The van der Waals surface area contributed by atoms with Crippen molar-refractivity contribution < 1.29 is 4.74 Å². The van der Waals surface area contributed by atoms with Crippen LogP contribution < -0.4 is 5.32 Å². The molecule has 0 aromatic carbocycles. The maximum atomic E-state index is 5.54. The van der Waals surface area contributed by atoms with Gasteiger partial charge in [0, 0.05) is 42.7 Å². The fourth-order valence-electron chi connectivity index (χ4n) is 2.23. The Morgan fingerprint density at radius 3 is 3.07 bits per heavy atom. The average Bonchev–Trinajstić information content (AvgIpc) is 2.23. The number of hydrogen-bond donors (Lipinski definition) is 1. The highest BCUT2D eigenvalue weighted by atomic mass is 32.2. The fourth-order valence-corrected chi connectivity index (χ4v) is 3.17. The van der Waals surface area contributed by atoms with E-state index in [4.69, 9.17) is 4.74 Å². The molecule has 0 aromatic rings. The largest absolute Gasteiger partial charge is 0.378 e. The van der Waals surface area contributed by atoms with Crippen LogP contribution in [0, 0.1) is 0 Å². The molecule has 2 fully saturated rings. The third-order valence-electron chi connectivity index (χ3n) is 3.26. The second-order valence-electron chi connectivity index (χ2n) is 5.04. The number of ether oxygens (including phenoxy) is 1. The van der Waals surface area contributed by atoms with Crippen molar-refractivity contribution in [2.45, 2.75) is 25.4 Å². The summed E-state index contributed by atoms with van der Waals surface area (Å²) in [6.45, 7) is 9.74. The predicted molar refractivity (Wildman–Crippen MR) is 65.6 cm³/mol. The summed E-state index contributed by atoms with van der Waals surface area (Å²) < 4.78 is 5.54. The van der Waals surface area contributed by atoms with Gasteiger partial charge in [0.1, 0.15) is 0 Å². The van der Waals surface area contributed by atoms with Crippen LogP contribution in [-0.4, -0.2) is 60.8 Å². The number of morpholine rings is 1. The quantitative estimate of drug-likeness (QED) is 0.758. The van der Waals surface area contributed by atoms with Crippen LogP contribution in [0.25, 0.3) is 0 Å². The smallest absolute Gasteiger partial charge is 0.0645 e. The molecule has 0 bridgehead atoms. The Labute approximate surface area is 96.9 Å². The minimum absolute atomic E-state index is 0.210. The molecule has 0 spiro atoms. The number of nitrogens with zero attached hydrogens (tertiary/aromatic N) is 1. The zero-order chi connectivity index (χ0) is 10.7. The van der Waals surface area contributed by atoms with Crippen molar-refractivity contribution in [3.63, 3.8) is 0 Å². The first-order valence-corrected chi connectivity index (χ1v) is 6.98. The highest BCUT2D eigenvalue weighted by molar-refractivity contribution is 7.99. The van der Waals surface area contributed by atoms with Crippen LogP contribution >= 0.6 is 11.8 Å². The summed E-state index contributed by atoms with van der Waals surface area (Å²) in [5, 5.41) is 3.60. The molecule has 0 radical (unpaired) electrons. The summed E-state index contributed by atoms with van der Waals surface area (Å²) in [6, 6.07) is 0.668. The van der Waals surface area contributed by atoms with Gasteiger partial charge >= 0.3 is 0 Å². The standard InChI is InChI=1S/C11H22N2OS/c1-11(2)9-14-5-4-13(11)7-10-8-15-6-3-12-10/h10,12H,3-9H2,1-2H3. The van der Waals surface area contributed by atoms with E-state index >= 15 is 0 Å². The van der Waals surface area contributed by atoms with E-state index in [0.717, 1.165) is 19.8 Å². The van der Waals surface area contributed by atoms with Crippen molar-refractivity contribution in [2.75, 3.05) is 44.4 Å². The molecular formula is C11H22N2OS. The molecule has 2 aliphatic rings. The third kappa shape index (κ3) is 3.09. The first-order chi connectivity index (χ1) is 7.18. The van der Waals surface area contributed by atoms with Crippen molar-refractivity contribution in [1.82, 2.24) is 10.2 Å². The van der Waals surface area contributed by atoms with Crippen molar-refractivity contribution in [3.8, 4) is 0 Å². The molecule has 0 aromatic heterocycles. The Bertz CT molecular complexity index is 205. The molecule has 2 heterocycles. The predicted octanol–water partition coefficient (Wildman–Crippen LogP) is 0.802. The summed E-state index contributed by atoms with van der Waals surface area (Å²) >= 11 is 2.07. The van der Waals surface area contributed by atoms with E-state index in [-0.39, 0.29) is 5.54 Å². The van der Waals surface area contributed by atoms with E-state index in [9.17, 15) is 0 Å². The lowest BCUT2D eigenvalue weighted by atomic mass is 10.0. The monoisotopic (exact) mass is 230 g/mol. The normalized spacial score (nSPS) is 32.8. The highest BCUT2D eigenvalue weighted by Crippen LogP contribution is 2.20. The van der Waals surface area contributed by atoms with Gasteiger partial charge in [0.05, 0.1) is 13.2 Å². The molecule has 2 rings (SSSR count). The van der Waals surface area contributed by atoms with Gasteiger partial charge in [-0.15, -0.1) is 0 Å². The zero-order valence-electron chi connectivity index (χ0n) is 9.79. The zero-order valence-corrected chi connectivity index (χ0v) is 10.6. The van der Waals surface area contributed by atoms with E-state index in [0.29, 0.717) is 6.04 Å². The van der Waals surface area contributed by atoms with E-state index in [1.54, 1.807) is 0 Å². The maximum absolute atomic E-state index is 5.54. The van der Waals surface area contributed by atoms with Crippen LogP contribution in [0.15, 0.2) is 0 Å². The van der Waals surface area contributed by atoms with Gasteiger partial charge < -0.3 is 10.1 Å². The van der Waals surface area contributed by atoms with Crippen LogP contribution in [0.4, 0.5) is 0 Å². The lowest BCUT2D eigenvalue weighted by molar-refractivity contribution is -0.0535. The first-order valence-electron chi connectivity index (χ1n) is 5.82. The SMILES string of the molecule is CC1(C)COCCN1CC1CSCCN1. The molecule has 1 atom stereocenters. The van der Waals surface area contributed by atoms with E-state index in [1.807, 2.05) is 0 Å². The summed E-state index contributed by atoms with van der Waals surface area (Å²) in [4.78, 5) is 2.57. The minimum atomic E-state index is 0.210. The molecule has 15 heavy (non-hydrogen) atoms. The highest BCUT2D eigenvalue weighted by Gasteiger charge is 2.32. The van der Waals surface area contributed by atoms with Crippen LogP contribution in [0.3, 0.4) is 0 Å². The minimum Gasteiger partial charge on any atom is -0.378 e. The Hall–Kier alpha value is 0.230. The first kappa shape index (κ1) is 11.7. The van der Waals surface area contributed by atoms with Gasteiger partial charge in [-0.3, -0.25) is 4.90 Å². The average molecular weight is 230 g/mol. The van der Waals surface area contributed by atoms with E-state index < -0.39 is 0 Å².